The number of halogens is 2. The fourth-order valence-corrected chi connectivity index (χ4v) is 2.11. The van der Waals surface area contributed by atoms with Crippen LogP contribution in [0.2, 0.25) is 0 Å². The van der Waals surface area contributed by atoms with Crippen molar-refractivity contribution in [3.63, 3.8) is 0 Å². The van der Waals surface area contributed by atoms with Crippen molar-refractivity contribution in [3.8, 4) is 5.75 Å². The molecule has 2 rings (SSSR count). The lowest BCUT2D eigenvalue weighted by Crippen LogP contribution is -2.50. The van der Waals surface area contributed by atoms with Crippen LogP contribution in [0, 0.1) is 11.6 Å². The Balaban J connectivity index is 1.82. The summed E-state index contributed by atoms with van der Waals surface area (Å²) in [6.45, 7) is 1.77. The van der Waals surface area contributed by atoms with E-state index in [0.717, 1.165) is 31.0 Å². The fourth-order valence-electron chi connectivity index (χ4n) is 2.11. The van der Waals surface area contributed by atoms with Gasteiger partial charge >= 0.3 is 5.97 Å². The van der Waals surface area contributed by atoms with E-state index in [1.165, 1.54) is 0 Å². The molecule has 0 amide bonds. The molecule has 0 spiro atoms. The number of carboxylic acid groups (broad SMARTS) is 1. The Morgan fingerprint density at radius 2 is 2.19 bits per heavy atom. The van der Waals surface area contributed by atoms with E-state index in [2.05, 4.69) is 5.32 Å². The van der Waals surface area contributed by atoms with Crippen LogP contribution in [0.15, 0.2) is 18.2 Å². The third-order valence-corrected chi connectivity index (χ3v) is 3.54. The molecule has 21 heavy (non-hydrogen) atoms. The van der Waals surface area contributed by atoms with Crippen LogP contribution in [0.5, 0.6) is 5.75 Å². The highest BCUT2D eigenvalue weighted by Gasteiger charge is 2.37. The summed E-state index contributed by atoms with van der Waals surface area (Å²) in [6, 6.07) is 3.27. The highest BCUT2D eigenvalue weighted by atomic mass is 19.1. The van der Waals surface area contributed by atoms with Crippen LogP contribution in [-0.4, -0.2) is 29.3 Å². The minimum Gasteiger partial charge on any atom is -0.490 e. The van der Waals surface area contributed by atoms with Crippen LogP contribution in [0.25, 0.3) is 0 Å². The molecule has 4 nitrogen and oxygen atoms in total. The second kappa shape index (κ2) is 6.39. The molecule has 0 heterocycles. The number of ether oxygens (including phenoxy) is 1. The Bertz CT molecular complexity index is 520. The van der Waals surface area contributed by atoms with Crippen molar-refractivity contribution in [1.29, 1.82) is 0 Å². The third-order valence-electron chi connectivity index (χ3n) is 3.54. The van der Waals surface area contributed by atoms with Crippen LogP contribution >= 0.6 is 0 Å². The first-order valence-electron chi connectivity index (χ1n) is 7.00. The van der Waals surface area contributed by atoms with Crippen molar-refractivity contribution in [2.24, 2.45) is 0 Å². The molecule has 1 fully saturated rings. The number of hydrogen-bond donors (Lipinski definition) is 2. The van der Waals surface area contributed by atoms with E-state index in [0.29, 0.717) is 12.8 Å². The molecule has 116 valence electrons. The molecule has 2 N–H and O–H groups in total. The summed E-state index contributed by atoms with van der Waals surface area (Å²) >= 11 is 0. The molecule has 1 aliphatic carbocycles. The van der Waals surface area contributed by atoms with Gasteiger partial charge in [-0.1, -0.05) is 0 Å². The summed E-state index contributed by atoms with van der Waals surface area (Å²) in [7, 11) is 0. The molecular formula is C15H19F2NO3. The zero-order valence-corrected chi connectivity index (χ0v) is 11.9. The largest absolute Gasteiger partial charge is 0.490 e. The molecule has 0 saturated heterocycles. The number of hydrogen-bond acceptors (Lipinski definition) is 3. The van der Waals surface area contributed by atoms with E-state index in [1.807, 2.05) is 0 Å². The van der Waals surface area contributed by atoms with Gasteiger partial charge in [-0.2, -0.15) is 0 Å². The number of carbonyl (C=O) groups is 1. The van der Waals surface area contributed by atoms with Gasteiger partial charge in [0.2, 0.25) is 0 Å². The van der Waals surface area contributed by atoms with Gasteiger partial charge in [-0.3, -0.25) is 10.1 Å². The minimum atomic E-state index is -1.01. The molecule has 1 aromatic carbocycles. The molecule has 1 aliphatic rings. The smallest absolute Gasteiger partial charge is 0.323 e. The van der Waals surface area contributed by atoms with E-state index >= 15 is 0 Å². The van der Waals surface area contributed by atoms with Crippen LogP contribution in [-0.2, 0) is 4.79 Å². The Labute approximate surface area is 122 Å². The molecule has 1 saturated carbocycles. The fraction of sp³-hybridized carbons (Fsp3) is 0.533. The summed E-state index contributed by atoms with van der Waals surface area (Å²) in [6.07, 6.45) is 2.77. The van der Waals surface area contributed by atoms with E-state index in [-0.39, 0.29) is 18.4 Å². The van der Waals surface area contributed by atoms with Gasteiger partial charge in [0.15, 0.2) is 11.6 Å². The number of carboxylic acids is 1. The van der Waals surface area contributed by atoms with E-state index in [4.69, 9.17) is 4.74 Å². The maximum atomic E-state index is 13.3. The zero-order valence-electron chi connectivity index (χ0n) is 11.9. The number of nitrogens with one attached hydrogen (secondary N) is 1. The summed E-state index contributed by atoms with van der Waals surface area (Å²) in [5.41, 5.74) is -1.01. The van der Waals surface area contributed by atoms with Gasteiger partial charge in [-0.25, -0.2) is 8.78 Å². The van der Waals surface area contributed by atoms with Crippen molar-refractivity contribution in [3.05, 3.63) is 29.8 Å². The van der Waals surface area contributed by atoms with Crippen LogP contribution in [0.3, 0.4) is 0 Å². The van der Waals surface area contributed by atoms with Crippen LogP contribution < -0.4 is 10.1 Å². The topological polar surface area (TPSA) is 58.6 Å². The average Bonchev–Trinajstić information content (AvgIpc) is 3.22. The van der Waals surface area contributed by atoms with Gasteiger partial charge in [0.1, 0.15) is 11.4 Å². The Hall–Kier alpha value is -1.69. The molecule has 0 aromatic heterocycles. The molecule has 1 atom stereocenters. The zero-order chi connectivity index (χ0) is 15.5. The van der Waals surface area contributed by atoms with E-state index in [9.17, 15) is 18.7 Å². The second-order valence-electron chi connectivity index (χ2n) is 5.58. The monoisotopic (exact) mass is 299 g/mol. The number of aliphatic carboxylic acids is 1. The van der Waals surface area contributed by atoms with Crippen molar-refractivity contribution in [1.82, 2.24) is 5.32 Å². The summed E-state index contributed by atoms with van der Waals surface area (Å²) in [5, 5.41) is 12.4. The molecular weight excluding hydrogens is 280 g/mol. The van der Waals surface area contributed by atoms with Gasteiger partial charge in [-0.05, 0) is 44.7 Å². The predicted molar refractivity (Wildman–Crippen MR) is 73.3 cm³/mol. The molecule has 0 radical (unpaired) electrons. The van der Waals surface area contributed by atoms with Crippen molar-refractivity contribution in [2.75, 3.05) is 6.61 Å². The maximum absolute atomic E-state index is 13.3. The van der Waals surface area contributed by atoms with Crippen molar-refractivity contribution in [2.45, 2.75) is 44.2 Å². The Morgan fingerprint density at radius 1 is 1.48 bits per heavy atom. The van der Waals surface area contributed by atoms with E-state index in [1.54, 1.807) is 6.92 Å². The lowest BCUT2D eigenvalue weighted by atomic mass is 9.96. The number of rotatable bonds is 8. The average molecular weight is 299 g/mol. The van der Waals surface area contributed by atoms with Gasteiger partial charge in [0.05, 0.1) is 6.61 Å². The first-order chi connectivity index (χ1) is 9.90. The minimum absolute atomic E-state index is 0.135. The van der Waals surface area contributed by atoms with Gasteiger partial charge in [0.25, 0.3) is 0 Å². The second-order valence-corrected chi connectivity index (χ2v) is 5.58. The molecule has 1 aromatic rings. The quantitative estimate of drug-likeness (QED) is 0.725. The summed E-state index contributed by atoms with van der Waals surface area (Å²) in [5.74, 6) is -2.26. The summed E-state index contributed by atoms with van der Waals surface area (Å²) in [4.78, 5) is 11.3. The lowest BCUT2D eigenvalue weighted by Gasteiger charge is -2.26. The van der Waals surface area contributed by atoms with Gasteiger partial charge < -0.3 is 9.84 Å². The highest BCUT2D eigenvalue weighted by molar-refractivity contribution is 5.78. The standard InChI is InChI=1S/C15H19F2NO3/c1-15(14(19)20,18-11-4-5-11)7-2-8-21-13-9-10(16)3-6-12(13)17/h3,6,9,11,18H,2,4-5,7-8H2,1H3,(H,19,20). The summed E-state index contributed by atoms with van der Waals surface area (Å²) < 4.78 is 31.5. The Kier molecular flexibility index (Phi) is 4.77. The van der Waals surface area contributed by atoms with Crippen molar-refractivity contribution >= 4 is 5.97 Å². The highest BCUT2D eigenvalue weighted by Crippen LogP contribution is 2.25. The van der Waals surface area contributed by atoms with Crippen molar-refractivity contribution < 1.29 is 23.4 Å². The SMILES string of the molecule is CC(CCCOc1cc(F)ccc1F)(NC1CC1)C(=O)O. The third kappa shape index (κ3) is 4.39. The van der Waals surface area contributed by atoms with E-state index < -0.39 is 23.1 Å². The number of benzene rings is 1. The predicted octanol–water partition coefficient (Wildman–Crippen LogP) is 2.72. The normalized spacial score (nSPS) is 17.3. The first-order valence-corrected chi connectivity index (χ1v) is 7.00. The maximum Gasteiger partial charge on any atom is 0.323 e. The van der Waals surface area contributed by atoms with Gasteiger partial charge in [0, 0.05) is 12.1 Å². The molecule has 6 heteroatoms. The molecule has 1 unspecified atom stereocenters. The van der Waals surface area contributed by atoms with Crippen LogP contribution in [0.4, 0.5) is 8.78 Å². The molecule has 0 aliphatic heterocycles. The first kappa shape index (κ1) is 15.7. The Morgan fingerprint density at radius 3 is 2.81 bits per heavy atom. The molecule has 0 bridgehead atoms. The lowest BCUT2D eigenvalue weighted by molar-refractivity contribution is -0.144. The van der Waals surface area contributed by atoms with Gasteiger partial charge in [-0.15, -0.1) is 0 Å². The van der Waals surface area contributed by atoms with Crippen LogP contribution in [0.1, 0.15) is 32.6 Å².